The molecule has 1 fully saturated rings. The maximum Gasteiger partial charge on any atom is 0.193 e. The minimum atomic E-state index is 0. The molecule has 0 bridgehead atoms. The topological polar surface area (TPSA) is 57.9 Å². The molecule has 1 aliphatic rings. The van der Waals surface area contributed by atoms with Crippen LogP contribution in [0.4, 0.5) is 0 Å². The molecule has 0 radical (unpaired) electrons. The van der Waals surface area contributed by atoms with Crippen LogP contribution in [0.25, 0.3) is 0 Å². The summed E-state index contributed by atoms with van der Waals surface area (Å²) in [4.78, 5) is 13.8. The number of halogens is 1. The van der Waals surface area contributed by atoms with Gasteiger partial charge in [-0.3, -0.25) is 4.99 Å². The standard InChI is InChI=1S/C19H36N6O.HI/c1-5-21-19(22-8-6-10-23(3)13-14-26-4)24-11-7-17(2)18(15-24)25-12-9-20-16-25;/h9,12,16-18H,5-8,10-11,13-15H2,1-4H3,(H,21,22);1H. The molecular formula is C19H37IN6O. The summed E-state index contributed by atoms with van der Waals surface area (Å²) in [5.74, 6) is 1.70. The predicted octanol–water partition coefficient (Wildman–Crippen LogP) is 2.32. The van der Waals surface area contributed by atoms with Crippen LogP contribution < -0.4 is 5.32 Å². The number of aliphatic imine (C=N–C) groups is 1. The molecule has 156 valence electrons. The molecule has 0 amide bonds. The number of piperidine rings is 1. The number of likely N-dealkylation sites (N-methyl/N-ethyl adjacent to an activating group) is 1. The summed E-state index contributed by atoms with van der Waals surface area (Å²) in [6.45, 7) is 11.1. The summed E-state index contributed by atoms with van der Waals surface area (Å²) in [7, 11) is 3.88. The molecule has 2 rings (SSSR count). The van der Waals surface area contributed by atoms with Gasteiger partial charge in [-0.25, -0.2) is 4.98 Å². The third-order valence-corrected chi connectivity index (χ3v) is 5.10. The van der Waals surface area contributed by atoms with E-state index in [1.165, 1.54) is 6.42 Å². The number of aromatic nitrogens is 2. The van der Waals surface area contributed by atoms with Gasteiger partial charge in [0.15, 0.2) is 5.96 Å². The second kappa shape index (κ2) is 13.3. The van der Waals surface area contributed by atoms with Gasteiger partial charge in [0.05, 0.1) is 19.0 Å². The zero-order valence-electron chi connectivity index (χ0n) is 17.3. The van der Waals surface area contributed by atoms with Gasteiger partial charge >= 0.3 is 0 Å². The van der Waals surface area contributed by atoms with Gasteiger partial charge in [0.1, 0.15) is 0 Å². The Morgan fingerprint density at radius 2 is 2.22 bits per heavy atom. The number of nitrogens with one attached hydrogen (secondary N) is 1. The van der Waals surface area contributed by atoms with E-state index >= 15 is 0 Å². The second-order valence-corrected chi connectivity index (χ2v) is 7.17. The fourth-order valence-corrected chi connectivity index (χ4v) is 3.41. The fourth-order valence-electron chi connectivity index (χ4n) is 3.41. The maximum atomic E-state index is 5.13. The highest BCUT2D eigenvalue weighted by Crippen LogP contribution is 2.27. The van der Waals surface area contributed by atoms with Gasteiger partial charge in [-0.1, -0.05) is 6.92 Å². The molecular weight excluding hydrogens is 455 g/mol. The molecule has 2 atom stereocenters. The fraction of sp³-hybridized carbons (Fsp3) is 0.789. The van der Waals surface area contributed by atoms with Gasteiger partial charge in [0.25, 0.3) is 0 Å². The van der Waals surface area contributed by atoms with Crippen molar-refractivity contribution in [3.05, 3.63) is 18.7 Å². The van der Waals surface area contributed by atoms with E-state index in [4.69, 9.17) is 9.73 Å². The third-order valence-electron chi connectivity index (χ3n) is 5.10. The van der Waals surface area contributed by atoms with Crippen molar-refractivity contribution in [1.82, 2.24) is 24.7 Å². The number of guanidine groups is 1. The highest BCUT2D eigenvalue weighted by Gasteiger charge is 2.28. The van der Waals surface area contributed by atoms with Crippen LogP contribution in [0.1, 0.15) is 32.7 Å². The highest BCUT2D eigenvalue weighted by molar-refractivity contribution is 14.0. The lowest BCUT2D eigenvalue weighted by Gasteiger charge is -2.39. The van der Waals surface area contributed by atoms with Crippen LogP contribution in [0.2, 0.25) is 0 Å². The first-order valence-electron chi connectivity index (χ1n) is 9.83. The number of methoxy groups -OCH3 is 1. The minimum Gasteiger partial charge on any atom is -0.383 e. The lowest BCUT2D eigenvalue weighted by atomic mass is 9.93. The molecule has 1 N–H and O–H groups in total. The number of hydrogen-bond donors (Lipinski definition) is 1. The van der Waals surface area contributed by atoms with Crippen molar-refractivity contribution in [1.29, 1.82) is 0 Å². The lowest BCUT2D eigenvalue weighted by Crippen LogP contribution is -2.49. The summed E-state index contributed by atoms with van der Waals surface area (Å²) < 4.78 is 7.37. The van der Waals surface area contributed by atoms with E-state index in [-0.39, 0.29) is 24.0 Å². The van der Waals surface area contributed by atoms with E-state index in [9.17, 15) is 0 Å². The highest BCUT2D eigenvalue weighted by atomic mass is 127. The summed E-state index contributed by atoms with van der Waals surface area (Å²) in [6.07, 6.45) is 8.11. The quantitative estimate of drug-likeness (QED) is 0.248. The van der Waals surface area contributed by atoms with Crippen LogP contribution in [0.5, 0.6) is 0 Å². The molecule has 1 aliphatic heterocycles. The monoisotopic (exact) mass is 492 g/mol. The van der Waals surface area contributed by atoms with Crippen molar-refractivity contribution in [2.45, 2.75) is 32.7 Å². The van der Waals surface area contributed by atoms with Crippen LogP contribution in [0, 0.1) is 5.92 Å². The van der Waals surface area contributed by atoms with Crippen molar-refractivity contribution in [2.75, 3.05) is 60.0 Å². The van der Waals surface area contributed by atoms with Crippen molar-refractivity contribution >= 4 is 29.9 Å². The Morgan fingerprint density at radius 1 is 1.41 bits per heavy atom. The van der Waals surface area contributed by atoms with Crippen molar-refractivity contribution in [2.24, 2.45) is 10.9 Å². The van der Waals surface area contributed by atoms with Crippen LogP contribution in [0.15, 0.2) is 23.7 Å². The molecule has 1 aromatic heterocycles. The van der Waals surface area contributed by atoms with Gasteiger partial charge in [0, 0.05) is 52.2 Å². The first-order valence-corrected chi connectivity index (χ1v) is 9.83. The largest absolute Gasteiger partial charge is 0.383 e. The molecule has 0 spiro atoms. The molecule has 0 saturated carbocycles. The van der Waals surface area contributed by atoms with E-state index in [1.54, 1.807) is 7.11 Å². The van der Waals surface area contributed by atoms with E-state index < -0.39 is 0 Å². The number of rotatable bonds is 9. The number of hydrogen-bond acceptors (Lipinski definition) is 4. The molecule has 2 heterocycles. The Balaban J connectivity index is 0.00000364. The number of ether oxygens (including phenoxy) is 1. The molecule has 0 aromatic carbocycles. The second-order valence-electron chi connectivity index (χ2n) is 7.17. The first kappa shape index (κ1) is 24.2. The average Bonchev–Trinajstić information content (AvgIpc) is 3.17. The molecule has 1 saturated heterocycles. The van der Waals surface area contributed by atoms with Crippen LogP contribution in [0.3, 0.4) is 0 Å². The summed E-state index contributed by atoms with van der Waals surface area (Å²) in [6, 6.07) is 0.454. The summed E-state index contributed by atoms with van der Waals surface area (Å²) >= 11 is 0. The Labute approximate surface area is 181 Å². The molecule has 0 aliphatic carbocycles. The van der Waals surface area contributed by atoms with Gasteiger partial charge in [-0.2, -0.15) is 0 Å². The number of likely N-dealkylation sites (tertiary alicyclic amines) is 1. The number of nitrogens with zero attached hydrogens (tertiary/aromatic N) is 5. The van der Waals surface area contributed by atoms with E-state index in [1.807, 2.05) is 12.5 Å². The zero-order chi connectivity index (χ0) is 18.8. The Hall–Kier alpha value is -0.870. The van der Waals surface area contributed by atoms with Gasteiger partial charge in [-0.05, 0) is 39.3 Å². The summed E-state index contributed by atoms with van der Waals surface area (Å²) in [5.41, 5.74) is 0. The Kier molecular flexibility index (Phi) is 11.9. The van der Waals surface area contributed by atoms with Crippen molar-refractivity contribution < 1.29 is 4.74 Å². The summed E-state index contributed by atoms with van der Waals surface area (Å²) in [5, 5.41) is 3.47. The van der Waals surface area contributed by atoms with Crippen LogP contribution in [-0.2, 0) is 4.74 Å². The SMILES string of the molecule is CCNC(=NCCCN(C)CCOC)N1CCC(C)C(n2ccnc2)C1.I. The normalized spacial score (nSPS) is 20.6. The van der Waals surface area contributed by atoms with Gasteiger partial charge in [0.2, 0.25) is 0 Å². The number of imidazole rings is 1. The zero-order valence-corrected chi connectivity index (χ0v) is 19.6. The molecule has 8 heteroatoms. The average molecular weight is 492 g/mol. The first-order chi connectivity index (χ1) is 12.7. The molecule has 2 unspecified atom stereocenters. The molecule has 7 nitrogen and oxygen atoms in total. The van der Waals surface area contributed by atoms with E-state index in [0.717, 1.165) is 58.3 Å². The van der Waals surface area contributed by atoms with Crippen LogP contribution in [-0.4, -0.2) is 85.3 Å². The lowest BCUT2D eigenvalue weighted by molar-refractivity contribution is 0.161. The Bertz CT molecular complexity index is 524. The van der Waals surface area contributed by atoms with Gasteiger partial charge < -0.3 is 24.4 Å². The smallest absolute Gasteiger partial charge is 0.193 e. The third kappa shape index (κ3) is 7.95. The molecule has 1 aromatic rings. The van der Waals surface area contributed by atoms with E-state index in [0.29, 0.717) is 12.0 Å². The Morgan fingerprint density at radius 3 is 2.89 bits per heavy atom. The van der Waals surface area contributed by atoms with Crippen molar-refractivity contribution in [3.8, 4) is 0 Å². The van der Waals surface area contributed by atoms with Crippen LogP contribution >= 0.6 is 24.0 Å². The predicted molar refractivity (Wildman–Crippen MR) is 122 cm³/mol. The van der Waals surface area contributed by atoms with Crippen molar-refractivity contribution in [3.63, 3.8) is 0 Å². The van der Waals surface area contributed by atoms with E-state index in [2.05, 4.69) is 51.8 Å². The maximum absolute atomic E-state index is 5.13. The van der Waals surface area contributed by atoms with Gasteiger partial charge in [-0.15, -0.1) is 24.0 Å². The minimum absolute atomic E-state index is 0. The molecule has 27 heavy (non-hydrogen) atoms.